The van der Waals surface area contributed by atoms with Crippen molar-refractivity contribution in [3.05, 3.63) is 41.4 Å². The Hall–Kier alpha value is -1.53. The quantitative estimate of drug-likeness (QED) is 0.457. The second-order valence-corrected chi connectivity index (χ2v) is 1.99. The summed E-state index contributed by atoms with van der Waals surface area (Å²) < 4.78 is 0. The van der Waals surface area contributed by atoms with E-state index in [1.54, 1.807) is 6.21 Å². The Morgan fingerprint density at radius 2 is 2.20 bits per heavy atom. The van der Waals surface area contributed by atoms with Gasteiger partial charge in [-0.25, -0.2) is 0 Å². The molecule has 1 aliphatic carbocycles. The van der Waals surface area contributed by atoms with Crippen molar-refractivity contribution >= 4 is 6.21 Å². The molecular weight excluding hydrogens is 126 g/mol. The van der Waals surface area contributed by atoms with Gasteiger partial charge in [-0.3, -0.25) is 0 Å². The van der Waals surface area contributed by atoms with E-state index in [1.807, 2.05) is 24.3 Å². The van der Waals surface area contributed by atoms with Gasteiger partial charge in [0.05, 0.1) is 6.21 Å². The van der Waals surface area contributed by atoms with Gasteiger partial charge in [-0.1, -0.05) is 23.0 Å². The maximum absolute atomic E-state index is 4.86. The summed E-state index contributed by atoms with van der Waals surface area (Å²) in [5.74, 6) is 0.669. The molecular formula is C8H5NO. The average Bonchev–Trinajstić information content (AvgIpc) is 2.12. The first-order chi connectivity index (χ1) is 4.95. The molecule has 0 aromatic carbocycles. The summed E-state index contributed by atoms with van der Waals surface area (Å²) in [6.07, 6.45) is 9.20. The molecule has 0 fully saturated rings. The summed E-state index contributed by atoms with van der Waals surface area (Å²) in [6.45, 7) is 0. The van der Waals surface area contributed by atoms with E-state index in [2.05, 4.69) is 10.9 Å². The standard InChI is InChI=1S/C8H5NO/c1-2-4-8-5-7(3-1)6-9-10-8/h1-4,6H. The number of nitrogens with zero attached hydrogens (tertiary/aromatic N) is 1. The molecule has 0 aromatic heterocycles. The third-order valence-corrected chi connectivity index (χ3v) is 1.24. The van der Waals surface area contributed by atoms with E-state index in [0.29, 0.717) is 5.76 Å². The normalized spacial score (nSPS) is 19.2. The SMILES string of the molecule is C1=C2C=CC=CC=1ON=C2. The average molecular weight is 131 g/mol. The van der Waals surface area contributed by atoms with E-state index in [4.69, 9.17) is 4.84 Å². The van der Waals surface area contributed by atoms with Crippen molar-refractivity contribution < 1.29 is 4.84 Å². The predicted molar refractivity (Wildman–Crippen MR) is 38.4 cm³/mol. The van der Waals surface area contributed by atoms with E-state index in [1.165, 1.54) is 0 Å². The van der Waals surface area contributed by atoms with Gasteiger partial charge < -0.3 is 4.84 Å². The van der Waals surface area contributed by atoms with Gasteiger partial charge in [0.2, 0.25) is 5.76 Å². The molecule has 1 heterocycles. The second kappa shape index (κ2) is 2.01. The molecule has 0 saturated heterocycles. The van der Waals surface area contributed by atoms with Crippen molar-refractivity contribution in [1.82, 2.24) is 0 Å². The molecule has 2 aliphatic rings. The van der Waals surface area contributed by atoms with Crippen molar-refractivity contribution in [1.29, 1.82) is 0 Å². The largest absolute Gasteiger partial charge is 0.348 e. The fourth-order valence-corrected chi connectivity index (χ4v) is 0.796. The first kappa shape index (κ1) is 5.27. The number of oxime groups is 1. The molecule has 0 unspecified atom stereocenters. The van der Waals surface area contributed by atoms with Crippen LogP contribution >= 0.6 is 0 Å². The van der Waals surface area contributed by atoms with Gasteiger partial charge >= 0.3 is 0 Å². The zero-order chi connectivity index (χ0) is 6.81. The van der Waals surface area contributed by atoms with E-state index >= 15 is 0 Å². The van der Waals surface area contributed by atoms with E-state index < -0.39 is 0 Å². The fourth-order valence-electron chi connectivity index (χ4n) is 0.796. The molecule has 0 amide bonds. The second-order valence-electron chi connectivity index (χ2n) is 1.99. The van der Waals surface area contributed by atoms with Crippen molar-refractivity contribution in [3.63, 3.8) is 0 Å². The number of rotatable bonds is 0. The van der Waals surface area contributed by atoms with Gasteiger partial charge in [-0.05, 0) is 12.2 Å². The Balaban J connectivity index is 2.56. The summed E-state index contributed by atoms with van der Waals surface area (Å²) in [4.78, 5) is 4.86. The number of hydrogen-bond donors (Lipinski definition) is 0. The van der Waals surface area contributed by atoms with Crippen LogP contribution in [0.25, 0.3) is 0 Å². The third kappa shape index (κ3) is 0.809. The van der Waals surface area contributed by atoms with E-state index in [-0.39, 0.29) is 0 Å². The third-order valence-electron chi connectivity index (χ3n) is 1.24. The molecule has 1 aliphatic heterocycles. The molecule has 0 saturated carbocycles. The number of allylic oxidation sites excluding steroid dienone is 4. The maximum atomic E-state index is 4.86. The highest BCUT2D eigenvalue weighted by Gasteiger charge is 1.99. The van der Waals surface area contributed by atoms with Crippen LogP contribution in [-0.4, -0.2) is 6.21 Å². The molecule has 2 heteroatoms. The summed E-state index contributed by atoms with van der Waals surface area (Å²) in [5, 5.41) is 3.66. The summed E-state index contributed by atoms with van der Waals surface area (Å²) in [7, 11) is 0. The highest BCUT2D eigenvalue weighted by atomic mass is 16.6. The van der Waals surface area contributed by atoms with Crippen LogP contribution in [0.2, 0.25) is 0 Å². The highest BCUT2D eigenvalue weighted by molar-refractivity contribution is 5.82. The van der Waals surface area contributed by atoms with Gasteiger partial charge in [0.25, 0.3) is 0 Å². The van der Waals surface area contributed by atoms with Crippen LogP contribution in [-0.2, 0) is 4.84 Å². The van der Waals surface area contributed by atoms with Crippen LogP contribution < -0.4 is 0 Å². The Bertz CT molecular complexity index is 301. The molecule has 48 valence electrons. The van der Waals surface area contributed by atoms with Crippen LogP contribution in [0.5, 0.6) is 0 Å². The Labute approximate surface area is 58.5 Å². The van der Waals surface area contributed by atoms with Crippen LogP contribution in [0.4, 0.5) is 0 Å². The molecule has 2 nitrogen and oxygen atoms in total. The minimum Gasteiger partial charge on any atom is -0.348 e. The van der Waals surface area contributed by atoms with Crippen LogP contribution in [0, 0.1) is 0 Å². The first-order valence-corrected chi connectivity index (χ1v) is 3.01. The van der Waals surface area contributed by atoms with Gasteiger partial charge in [-0.2, -0.15) is 0 Å². The van der Waals surface area contributed by atoms with Gasteiger partial charge in [0, 0.05) is 5.57 Å². The number of hydrogen-bond acceptors (Lipinski definition) is 2. The Kier molecular flexibility index (Phi) is 1.06. The highest BCUT2D eigenvalue weighted by Crippen LogP contribution is 2.09. The first-order valence-electron chi connectivity index (χ1n) is 3.01. The molecule has 2 rings (SSSR count). The summed E-state index contributed by atoms with van der Waals surface area (Å²) in [6, 6.07) is 0. The van der Waals surface area contributed by atoms with Crippen molar-refractivity contribution in [2.24, 2.45) is 5.16 Å². The lowest BCUT2D eigenvalue weighted by Gasteiger charge is -1.97. The van der Waals surface area contributed by atoms with Gasteiger partial charge in [0.15, 0.2) is 0 Å². The monoisotopic (exact) mass is 131 g/mol. The molecule has 2 bridgehead atoms. The molecule has 0 atom stereocenters. The van der Waals surface area contributed by atoms with Crippen LogP contribution in [0.1, 0.15) is 0 Å². The molecule has 0 radical (unpaired) electrons. The van der Waals surface area contributed by atoms with Crippen molar-refractivity contribution in [3.8, 4) is 0 Å². The minimum atomic E-state index is 0.669. The predicted octanol–water partition coefficient (Wildman–Crippen LogP) is 1.54. The lowest BCUT2D eigenvalue weighted by Crippen LogP contribution is -1.88. The Morgan fingerprint density at radius 1 is 1.30 bits per heavy atom. The summed E-state index contributed by atoms with van der Waals surface area (Å²) in [5.41, 5.74) is 3.95. The molecule has 0 spiro atoms. The topological polar surface area (TPSA) is 21.6 Å². The van der Waals surface area contributed by atoms with Crippen molar-refractivity contribution in [2.75, 3.05) is 0 Å². The minimum absolute atomic E-state index is 0.669. The molecule has 0 aromatic rings. The van der Waals surface area contributed by atoms with Gasteiger partial charge in [-0.15, -0.1) is 0 Å². The zero-order valence-corrected chi connectivity index (χ0v) is 5.24. The van der Waals surface area contributed by atoms with Crippen LogP contribution in [0.15, 0.2) is 46.5 Å². The lowest BCUT2D eigenvalue weighted by atomic mass is 10.3. The Morgan fingerprint density at radius 3 is 3.20 bits per heavy atom. The van der Waals surface area contributed by atoms with E-state index in [9.17, 15) is 0 Å². The lowest BCUT2D eigenvalue weighted by molar-refractivity contribution is 0.242. The molecule has 10 heavy (non-hydrogen) atoms. The van der Waals surface area contributed by atoms with Crippen LogP contribution in [0.3, 0.4) is 0 Å². The maximum Gasteiger partial charge on any atom is 0.200 e. The zero-order valence-electron chi connectivity index (χ0n) is 5.24. The molecule has 0 N–H and O–H groups in total. The van der Waals surface area contributed by atoms with Gasteiger partial charge in [0.1, 0.15) is 0 Å². The smallest absolute Gasteiger partial charge is 0.200 e. The summed E-state index contributed by atoms with van der Waals surface area (Å²) >= 11 is 0. The van der Waals surface area contributed by atoms with E-state index in [0.717, 1.165) is 5.57 Å². The fraction of sp³-hybridized carbons (Fsp3) is 0. The van der Waals surface area contributed by atoms with Crippen molar-refractivity contribution in [2.45, 2.75) is 0 Å².